The zero-order valence-corrected chi connectivity index (χ0v) is 48.0. The molecule has 0 aliphatic carbocycles. The fraction of sp³-hybridized carbons (Fsp3) is 0.892. The van der Waals surface area contributed by atoms with Gasteiger partial charge in [-0.2, -0.15) is 0 Å². The Bertz CT molecular complexity index is 1150. The van der Waals surface area contributed by atoms with Crippen LogP contribution in [0, 0.1) is 0 Å². The Balaban J connectivity index is 4.27. The molecular formula is C65H122O6. The Morgan fingerprint density at radius 3 is 0.817 bits per heavy atom. The van der Waals surface area contributed by atoms with Crippen LogP contribution in [-0.2, 0) is 28.6 Å². The number of carbonyl (C=O) groups excluding carboxylic acids is 3. The minimum Gasteiger partial charge on any atom is -0.462 e. The van der Waals surface area contributed by atoms with Crippen molar-refractivity contribution in [2.45, 2.75) is 361 Å². The largest absolute Gasteiger partial charge is 0.462 e. The Hall–Kier alpha value is -2.11. The predicted octanol–water partition coefficient (Wildman–Crippen LogP) is 21.4. The standard InChI is InChI=1S/C65H122O6/c1-4-7-10-13-16-19-22-25-28-30-31-32-33-34-36-37-40-43-46-49-52-55-58-64(67)70-61-62(60-69-63(66)57-54-51-48-45-42-39-27-24-21-18-15-12-9-6-3)71-65(68)59-56-53-50-47-44-41-38-35-29-26-23-20-17-14-11-8-5-2/h15,18,24,27,62H,4-14,16-17,19-23,25-26,28-61H2,1-3H3/b18-15-,27-24-. The van der Waals surface area contributed by atoms with Gasteiger partial charge >= 0.3 is 17.9 Å². The smallest absolute Gasteiger partial charge is 0.306 e. The van der Waals surface area contributed by atoms with Crippen molar-refractivity contribution in [2.24, 2.45) is 0 Å². The topological polar surface area (TPSA) is 78.9 Å². The number of carbonyl (C=O) groups is 3. The maximum Gasteiger partial charge on any atom is 0.306 e. The lowest BCUT2D eigenvalue weighted by molar-refractivity contribution is -0.167. The molecule has 1 atom stereocenters. The molecule has 6 nitrogen and oxygen atoms in total. The van der Waals surface area contributed by atoms with Gasteiger partial charge in [0, 0.05) is 19.3 Å². The van der Waals surface area contributed by atoms with E-state index in [-0.39, 0.29) is 31.1 Å². The lowest BCUT2D eigenvalue weighted by Crippen LogP contribution is -2.30. The van der Waals surface area contributed by atoms with E-state index in [1.54, 1.807) is 0 Å². The Labute approximate surface area is 443 Å². The molecule has 0 amide bonds. The van der Waals surface area contributed by atoms with Crippen LogP contribution in [0.2, 0.25) is 0 Å². The first-order chi connectivity index (χ1) is 35.0. The molecule has 0 heterocycles. The molecule has 0 fully saturated rings. The van der Waals surface area contributed by atoms with Gasteiger partial charge in [-0.1, -0.05) is 315 Å². The van der Waals surface area contributed by atoms with Crippen LogP contribution < -0.4 is 0 Å². The molecule has 0 saturated carbocycles. The number of esters is 3. The summed E-state index contributed by atoms with van der Waals surface area (Å²) >= 11 is 0. The molecule has 71 heavy (non-hydrogen) atoms. The van der Waals surface area contributed by atoms with E-state index in [0.29, 0.717) is 19.3 Å². The van der Waals surface area contributed by atoms with E-state index in [9.17, 15) is 14.4 Å². The quantitative estimate of drug-likeness (QED) is 0.0261. The molecule has 0 aliphatic heterocycles. The number of ether oxygens (including phenoxy) is 3. The summed E-state index contributed by atoms with van der Waals surface area (Å²) < 4.78 is 16.9. The molecule has 0 aromatic heterocycles. The highest BCUT2D eigenvalue weighted by Gasteiger charge is 2.19. The highest BCUT2D eigenvalue weighted by Crippen LogP contribution is 2.18. The van der Waals surface area contributed by atoms with Crippen LogP contribution in [0.25, 0.3) is 0 Å². The molecule has 0 rings (SSSR count). The summed E-state index contributed by atoms with van der Waals surface area (Å²) in [5.41, 5.74) is 0. The van der Waals surface area contributed by atoms with Gasteiger partial charge in [0.15, 0.2) is 6.10 Å². The second kappa shape index (κ2) is 60.4. The molecule has 0 N–H and O–H groups in total. The van der Waals surface area contributed by atoms with E-state index < -0.39 is 6.10 Å². The summed E-state index contributed by atoms with van der Waals surface area (Å²) in [4.78, 5) is 38.3. The van der Waals surface area contributed by atoms with E-state index in [1.807, 2.05) is 0 Å². The van der Waals surface area contributed by atoms with E-state index in [1.165, 1.54) is 238 Å². The highest BCUT2D eigenvalue weighted by atomic mass is 16.6. The van der Waals surface area contributed by atoms with Gasteiger partial charge in [0.2, 0.25) is 0 Å². The summed E-state index contributed by atoms with van der Waals surface area (Å²) in [6.07, 6.45) is 71.8. The van der Waals surface area contributed by atoms with Crippen molar-refractivity contribution < 1.29 is 28.6 Å². The fourth-order valence-corrected chi connectivity index (χ4v) is 9.64. The summed E-state index contributed by atoms with van der Waals surface area (Å²) in [5.74, 6) is -0.857. The maximum absolute atomic E-state index is 12.9. The molecule has 0 aliphatic rings. The van der Waals surface area contributed by atoms with Crippen molar-refractivity contribution in [3.8, 4) is 0 Å². The first kappa shape index (κ1) is 68.9. The van der Waals surface area contributed by atoms with Crippen LogP contribution >= 0.6 is 0 Å². The molecule has 0 saturated heterocycles. The third-order valence-corrected chi connectivity index (χ3v) is 14.5. The van der Waals surface area contributed by atoms with Gasteiger partial charge in [0.1, 0.15) is 13.2 Å². The molecule has 0 bridgehead atoms. The number of hydrogen-bond acceptors (Lipinski definition) is 6. The number of allylic oxidation sites excluding steroid dienone is 4. The molecule has 0 aromatic rings. The molecule has 0 radical (unpaired) electrons. The van der Waals surface area contributed by atoms with Gasteiger partial charge in [-0.05, 0) is 44.9 Å². The van der Waals surface area contributed by atoms with Crippen molar-refractivity contribution in [2.75, 3.05) is 13.2 Å². The van der Waals surface area contributed by atoms with Gasteiger partial charge in [-0.25, -0.2) is 0 Å². The summed E-state index contributed by atoms with van der Waals surface area (Å²) in [5, 5.41) is 0. The number of unbranched alkanes of at least 4 members (excludes halogenated alkanes) is 44. The Kier molecular flexibility index (Phi) is 58.6. The number of hydrogen-bond donors (Lipinski definition) is 0. The molecule has 0 aromatic carbocycles. The van der Waals surface area contributed by atoms with Crippen LogP contribution in [-0.4, -0.2) is 37.2 Å². The summed E-state index contributed by atoms with van der Waals surface area (Å²) in [6, 6.07) is 0. The fourth-order valence-electron chi connectivity index (χ4n) is 9.64. The van der Waals surface area contributed by atoms with Gasteiger partial charge < -0.3 is 14.2 Å². The zero-order valence-electron chi connectivity index (χ0n) is 48.0. The van der Waals surface area contributed by atoms with E-state index in [2.05, 4.69) is 45.1 Å². The average Bonchev–Trinajstić information content (AvgIpc) is 3.37. The van der Waals surface area contributed by atoms with Crippen molar-refractivity contribution >= 4 is 17.9 Å². The van der Waals surface area contributed by atoms with Crippen molar-refractivity contribution in [3.05, 3.63) is 24.3 Å². The van der Waals surface area contributed by atoms with E-state index in [4.69, 9.17) is 14.2 Å². The first-order valence-electron chi connectivity index (χ1n) is 31.8. The van der Waals surface area contributed by atoms with Crippen molar-refractivity contribution in [3.63, 3.8) is 0 Å². The number of rotatable bonds is 59. The lowest BCUT2D eigenvalue weighted by atomic mass is 10.0. The molecular weight excluding hydrogens is 877 g/mol. The van der Waals surface area contributed by atoms with Crippen LogP contribution in [0.15, 0.2) is 24.3 Å². The molecule has 418 valence electrons. The second-order valence-corrected chi connectivity index (χ2v) is 21.7. The first-order valence-corrected chi connectivity index (χ1v) is 31.8. The highest BCUT2D eigenvalue weighted by molar-refractivity contribution is 5.71. The summed E-state index contributed by atoms with van der Waals surface area (Å²) in [7, 11) is 0. The SMILES string of the molecule is CCCC/C=C\C/C=C\CCCCCCCC(=O)OCC(COC(=O)CCCCCCCCCCCCCCCCCCCCCCCC)OC(=O)CCCCCCCCCCCCCCCCCCC. The van der Waals surface area contributed by atoms with Crippen LogP contribution in [0.5, 0.6) is 0 Å². The third kappa shape index (κ3) is 58.7. The van der Waals surface area contributed by atoms with Gasteiger partial charge in [0.05, 0.1) is 0 Å². The average molecular weight is 1000 g/mol. The monoisotopic (exact) mass is 999 g/mol. The molecule has 0 spiro atoms. The maximum atomic E-state index is 12.9. The molecule has 6 heteroatoms. The van der Waals surface area contributed by atoms with Crippen LogP contribution in [0.3, 0.4) is 0 Å². The van der Waals surface area contributed by atoms with Crippen LogP contribution in [0.4, 0.5) is 0 Å². The van der Waals surface area contributed by atoms with E-state index >= 15 is 0 Å². The lowest BCUT2D eigenvalue weighted by Gasteiger charge is -2.18. The van der Waals surface area contributed by atoms with Gasteiger partial charge in [-0.15, -0.1) is 0 Å². The van der Waals surface area contributed by atoms with Crippen molar-refractivity contribution in [1.29, 1.82) is 0 Å². The minimum absolute atomic E-state index is 0.0696. The van der Waals surface area contributed by atoms with Gasteiger partial charge in [-0.3, -0.25) is 14.4 Å². The second-order valence-electron chi connectivity index (χ2n) is 21.7. The predicted molar refractivity (Wildman–Crippen MR) is 307 cm³/mol. The molecule has 1 unspecified atom stereocenters. The van der Waals surface area contributed by atoms with Gasteiger partial charge in [0.25, 0.3) is 0 Å². The van der Waals surface area contributed by atoms with E-state index in [0.717, 1.165) is 77.0 Å². The Morgan fingerprint density at radius 1 is 0.282 bits per heavy atom. The van der Waals surface area contributed by atoms with Crippen LogP contribution in [0.1, 0.15) is 355 Å². The Morgan fingerprint density at radius 2 is 0.521 bits per heavy atom. The third-order valence-electron chi connectivity index (χ3n) is 14.5. The normalized spacial score (nSPS) is 12.1. The minimum atomic E-state index is -0.773. The summed E-state index contributed by atoms with van der Waals surface area (Å²) in [6.45, 7) is 6.66. The van der Waals surface area contributed by atoms with Crippen molar-refractivity contribution in [1.82, 2.24) is 0 Å². The zero-order chi connectivity index (χ0) is 51.4.